The zero-order valence-electron chi connectivity index (χ0n) is 14.9. The van der Waals surface area contributed by atoms with Crippen LogP contribution in [0.4, 0.5) is 0 Å². The Morgan fingerprint density at radius 1 is 1.26 bits per heavy atom. The fraction of sp³-hybridized carbons (Fsp3) is 1.00. The molecule has 0 spiro atoms. The monoisotopic (exact) mass is 345 g/mol. The quantitative estimate of drug-likeness (QED) is 0.801. The molecular formula is C18H36ClN3O. The van der Waals surface area contributed by atoms with E-state index in [1.165, 1.54) is 45.2 Å². The number of hydrogen-bond donors (Lipinski definition) is 2. The molecule has 0 aromatic heterocycles. The van der Waals surface area contributed by atoms with Crippen molar-refractivity contribution in [3.8, 4) is 0 Å². The fourth-order valence-electron chi connectivity index (χ4n) is 4.66. The summed E-state index contributed by atoms with van der Waals surface area (Å²) in [4.78, 5) is 2.69. The van der Waals surface area contributed by atoms with Gasteiger partial charge in [0, 0.05) is 37.8 Å². The van der Waals surface area contributed by atoms with Crippen LogP contribution in [0, 0.1) is 11.8 Å². The van der Waals surface area contributed by atoms with Gasteiger partial charge < -0.3 is 15.4 Å². The Balaban J connectivity index is 0.00000192. The van der Waals surface area contributed by atoms with Crippen molar-refractivity contribution in [1.29, 1.82) is 0 Å². The van der Waals surface area contributed by atoms with Crippen molar-refractivity contribution in [3.05, 3.63) is 0 Å². The van der Waals surface area contributed by atoms with E-state index in [1.54, 1.807) is 0 Å². The molecule has 0 radical (unpaired) electrons. The normalized spacial score (nSPS) is 37.3. The molecule has 2 heterocycles. The number of hydrogen-bond acceptors (Lipinski definition) is 4. The number of nitrogens with one attached hydrogen (secondary N) is 2. The predicted molar refractivity (Wildman–Crippen MR) is 98.4 cm³/mol. The van der Waals surface area contributed by atoms with Gasteiger partial charge in [0.15, 0.2) is 0 Å². The second kappa shape index (κ2) is 9.57. The fourth-order valence-corrected chi connectivity index (χ4v) is 4.66. The molecule has 3 fully saturated rings. The summed E-state index contributed by atoms with van der Waals surface area (Å²) in [6, 6.07) is 1.92. The summed E-state index contributed by atoms with van der Waals surface area (Å²) in [6.45, 7) is 11.3. The highest BCUT2D eigenvalue weighted by Gasteiger charge is 2.34. The predicted octanol–water partition coefficient (Wildman–Crippen LogP) is 2.28. The van der Waals surface area contributed by atoms with E-state index in [9.17, 15) is 0 Å². The molecule has 1 aliphatic carbocycles. The highest BCUT2D eigenvalue weighted by Crippen LogP contribution is 2.29. The van der Waals surface area contributed by atoms with Crippen molar-refractivity contribution in [2.45, 2.75) is 64.1 Å². The highest BCUT2D eigenvalue weighted by atomic mass is 35.5. The maximum absolute atomic E-state index is 5.68. The van der Waals surface area contributed by atoms with Gasteiger partial charge in [-0.1, -0.05) is 13.3 Å². The molecule has 5 unspecified atom stereocenters. The van der Waals surface area contributed by atoms with Crippen molar-refractivity contribution in [1.82, 2.24) is 15.5 Å². The summed E-state index contributed by atoms with van der Waals surface area (Å²) < 4.78 is 5.68. The molecule has 2 saturated heterocycles. The maximum Gasteiger partial charge on any atom is 0.0623 e. The van der Waals surface area contributed by atoms with Crippen molar-refractivity contribution < 1.29 is 4.74 Å². The lowest BCUT2D eigenvalue weighted by Crippen LogP contribution is -2.53. The lowest BCUT2D eigenvalue weighted by Gasteiger charge is -2.37. The maximum atomic E-state index is 5.68. The third-order valence-corrected chi connectivity index (χ3v) is 6.02. The Hall–Kier alpha value is 0.130. The average Bonchev–Trinajstić information content (AvgIpc) is 3.02. The Kier molecular flexibility index (Phi) is 8.10. The van der Waals surface area contributed by atoms with Crippen LogP contribution < -0.4 is 10.6 Å². The summed E-state index contributed by atoms with van der Waals surface area (Å²) in [6.07, 6.45) is 6.85. The summed E-state index contributed by atoms with van der Waals surface area (Å²) >= 11 is 0. The van der Waals surface area contributed by atoms with E-state index in [-0.39, 0.29) is 12.4 Å². The van der Waals surface area contributed by atoms with Gasteiger partial charge >= 0.3 is 0 Å². The molecule has 0 aromatic carbocycles. The van der Waals surface area contributed by atoms with Gasteiger partial charge in [-0.2, -0.15) is 0 Å². The van der Waals surface area contributed by atoms with Crippen LogP contribution in [0.1, 0.15) is 46.0 Å². The van der Waals surface area contributed by atoms with E-state index in [4.69, 9.17) is 4.74 Å². The van der Waals surface area contributed by atoms with Gasteiger partial charge in [0.25, 0.3) is 0 Å². The SMILES string of the molecule is CC1CCCN(C(C)CNC2CCCC2C2COCCN2)C1.Cl. The first-order chi connectivity index (χ1) is 10.7. The Morgan fingerprint density at radius 3 is 2.87 bits per heavy atom. The number of morpholine rings is 1. The zero-order chi connectivity index (χ0) is 15.4. The van der Waals surface area contributed by atoms with Gasteiger partial charge in [0.05, 0.1) is 13.2 Å². The second-order valence-electron chi connectivity index (χ2n) is 7.84. The molecule has 0 bridgehead atoms. The van der Waals surface area contributed by atoms with Crippen LogP contribution in [0.25, 0.3) is 0 Å². The molecule has 23 heavy (non-hydrogen) atoms. The molecule has 4 nitrogen and oxygen atoms in total. The van der Waals surface area contributed by atoms with Crippen LogP contribution in [-0.2, 0) is 4.74 Å². The van der Waals surface area contributed by atoms with E-state index in [0.717, 1.165) is 38.1 Å². The first-order valence-electron chi connectivity index (χ1n) is 9.52. The van der Waals surface area contributed by atoms with Gasteiger partial charge in [-0.05, 0) is 51.0 Å². The van der Waals surface area contributed by atoms with Crippen LogP contribution in [0.5, 0.6) is 0 Å². The average molecular weight is 346 g/mol. The summed E-state index contributed by atoms with van der Waals surface area (Å²) in [5, 5.41) is 7.58. The van der Waals surface area contributed by atoms with E-state index in [2.05, 4.69) is 29.4 Å². The van der Waals surface area contributed by atoms with Gasteiger partial charge in [-0.15, -0.1) is 12.4 Å². The molecule has 136 valence electrons. The van der Waals surface area contributed by atoms with Gasteiger partial charge in [-0.25, -0.2) is 0 Å². The van der Waals surface area contributed by atoms with E-state index in [1.807, 2.05) is 0 Å². The molecular weight excluding hydrogens is 310 g/mol. The molecule has 1 saturated carbocycles. The van der Waals surface area contributed by atoms with Crippen LogP contribution >= 0.6 is 12.4 Å². The molecule has 0 amide bonds. The number of piperidine rings is 1. The van der Waals surface area contributed by atoms with Crippen molar-refractivity contribution in [3.63, 3.8) is 0 Å². The second-order valence-corrected chi connectivity index (χ2v) is 7.84. The van der Waals surface area contributed by atoms with Crippen LogP contribution in [0.3, 0.4) is 0 Å². The van der Waals surface area contributed by atoms with Crippen molar-refractivity contribution >= 4 is 12.4 Å². The van der Waals surface area contributed by atoms with Crippen LogP contribution in [-0.4, -0.2) is 62.4 Å². The van der Waals surface area contributed by atoms with Crippen molar-refractivity contribution in [2.24, 2.45) is 11.8 Å². The smallest absolute Gasteiger partial charge is 0.0623 e. The molecule has 5 heteroatoms. The van der Waals surface area contributed by atoms with Crippen molar-refractivity contribution in [2.75, 3.05) is 39.4 Å². The van der Waals surface area contributed by atoms with Gasteiger partial charge in [0.2, 0.25) is 0 Å². The van der Waals surface area contributed by atoms with E-state index >= 15 is 0 Å². The Morgan fingerprint density at radius 2 is 2.13 bits per heavy atom. The lowest BCUT2D eigenvalue weighted by molar-refractivity contribution is 0.0515. The van der Waals surface area contributed by atoms with Gasteiger partial charge in [0.1, 0.15) is 0 Å². The zero-order valence-corrected chi connectivity index (χ0v) is 15.7. The lowest BCUT2D eigenvalue weighted by atomic mass is 9.93. The highest BCUT2D eigenvalue weighted by molar-refractivity contribution is 5.85. The Labute approximate surface area is 148 Å². The minimum atomic E-state index is 0. The van der Waals surface area contributed by atoms with E-state index < -0.39 is 0 Å². The largest absolute Gasteiger partial charge is 0.379 e. The Bertz CT molecular complexity index is 338. The molecule has 5 atom stereocenters. The van der Waals surface area contributed by atoms with Crippen LogP contribution in [0.15, 0.2) is 0 Å². The minimum absolute atomic E-state index is 0. The molecule has 0 aromatic rings. The number of rotatable bonds is 5. The van der Waals surface area contributed by atoms with Gasteiger partial charge in [-0.3, -0.25) is 4.90 Å². The molecule has 3 rings (SSSR count). The topological polar surface area (TPSA) is 36.5 Å². The number of likely N-dealkylation sites (tertiary alicyclic amines) is 1. The standard InChI is InChI=1S/C18H35N3O.ClH/c1-14-5-4-9-21(12-14)15(2)11-20-17-7-3-6-16(17)18-13-22-10-8-19-18;/h14-20H,3-13H2,1-2H3;1H. The molecule has 2 N–H and O–H groups in total. The third kappa shape index (κ3) is 5.30. The number of ether oxygens (including phenoxy) is 1. The summed E-state index contributed by atoms with van der Waals surface area (Å²) in [7, 11) is 0. The minimum Gasteiger partial charge on any atom is -0.379 e. The molecule has 3 aliphatic rings. The van der Waals surface area contributed by atoms with E-state index in [0.29, 0.717) is 18.1 Å². The first-order valence-corrected chi connectivity index (χ1v) is 9.52. The van der Waals surface area contributed by atoms with Crippen LogP contribution in [0.2, 0.25) is 0 Å². The third-order valence-electron chi connectivity index (χ3n) is 6.02. The number of halogens is 1. The molecule has 2 aliphatic heterocycles. The summed E-state index contributed by atoms with van der Waals surface area (Å²) in [5.74, 6) is 1.63. The first kappa shape index (κ1) is 19.5. The summed E-state index contributed by atoms with van der Waals surface area (Å²) in [5.41, 5.74) is 0. The number of nitrogens with zero attached hydrogens (tertiary/aromatic N) is 1.